The molecule has 150 valence electrons. The summed E-state index contributed by atoms with van der Waals surface area (Å²) in [5.74, 6) is -1.61. The first-order valence-electron chi connectivity index (χ1n) is 8.58. The van der Waals surface area contributed by atoms with Crippen molar-refractivity contribution in [1.82, 2.24) is 0 Å². The quantitative estimate of drug-likeness (QED) is 0.422. The van der Waals surface area contributed by atoms with E-state index in [1.54, 1.807) is 0 Å². The fourth-order valence-electron chi connectivity index (χ4n) is 3.03. The summed E-state index contributed by atoms with van der Waals surface area (Å²) in [6.45, 7) is 2.10. The van der Waals surface area contributed by atoms with Gasteiger partial charge in [-0.1, -0.05) is 0 Å². The van der Waals surface area contributed by atoms with Gasteiger partial charge in [-0.15, -0.1) is 0 Å². The number of hydrogen-bond donors (Lipinski definition) is 0. The number of anilines is 2. The van der Waals surface area contributed by atoms with Gasteiger partial charge in [0.15, 0.2) is 0 Å². The molecule has 11 heteroatoms. The summed E-state index contributed by atoms with van der Waals surface area (Å²) in [6.07, 6.45) is 1.25. The highest BCUT2D eigenvalue weighted by molar-refractivity contribution is 8.19. The molecule has 0 saturated carbocycles. The van der Waals surface area contributed by atoms with Crippen LogP contribution in [-0.2, 0) is 9.53 Å². The topological polar surface area (TPSA) is 106 Å². The lowest BCUT2D eigenvalue weighted by Gasteiger charge is -2.29. The Morgan fingerprint density at radius 3 is 2.59 bits per heavy atom. The second kappa shape index (κ2) is 7.68. The van der Waals surface area contributed by atoms with E-state index in [0.29, 0.717) is 43.8 Å². The number of nitrogens with zero attached hydrogens (tertiary/aromatic N) is 3. The molecule has 2 aromatic rings. The molecule has 29 heavy (non-hydrogen) atoms. The molecule has 9 nitrogen and oxygen atoms in total. The molecule has 0 spiro atoms. The van der Waals surface area contributed by atoms with Gasteiger partial charge in [-0.3, -0.25) is 19.7 Å². The molecule has 1 aromatic heterocycles. The van der Waals surface area contributed by atoms with E-state index in [2.05, 4.69) is 0 Å². The lowest BCUT2D eigenvalue weighted by molar-refractivity contribution is -0.402. The van der Waals surface area contributed by atoms with Crippen LogP contribution in [0.1, 0.15) is 5.76 Å². The van der Waals surface area contributed by atoms with Gasteiger partial charge in [0.25, 0.3) is 11.1 Å². The van der Waals surface area contributed by atoms with Crippen LogP contribution >= 0.6 is 11.8 Å². The Hall–Kier alpha value is -3.18. The van der Waals surface area contributed by atoms with Crippen molar-refractivity contribution in [1.29, 1.82) is 0 Å². The summed E-state index contributed by atoms with van der Waals surface area (Å²) in [7, 11) is 0. The highest BCUT2D eigenvalue weighted by Gasteiger charge is 2.37. The van der Waals surface area contributed by atoms with Crippen molar-refractivity contribution in [3.63, 3.8) is 0 Å². The summed E-state index contributed by atoms with van der Waals surface area (Å²) in [4.78, 5) is 37.7. The van der Waals surface area contributed by atoms with Gasteiger partial charge < -0.3 is 14.1 Å². The molecule has 0 bridgehead atoms. The van der Waals surface area contributed by atoms with Crippen molar-refractivity contribution in [2.24, 2.45) is 0 Å². The minimum atomic E-state index is -0.706. The summed E-state index contributed by atoms with van der Waals surface area (Å²) >= 11 is 0.647. The third-order valence-corrected chi connectivity index (χ3v) is 5.27. The van der Waals surface area contributed by atoms with E-state index in [1.165, 1.54) is 24.3 Å². The Balaban J connectivity index is 1.57. The van der Waals surface area contributed by atoms with Gasteiger partial charge in [-0.25, -0.2) is 9.29 Å². The Bertz CT molecular complexity index is 1030. The van der Waals surface area contributed by atoms with E-state index in [-0.39, 0.29) is 16.4 Å². The van der Waals surface area contributed by atoms with Crippen LogP contribution in [0.4, 0.5) is 26.4 Å². The molecule has 4 rings (SSSR count). The van der Waals surface area contributed by atoms with Crippen LogP contribution in [0.25, 0.3) is 6.08 Å². The zero-order chi connectivity index (χ0) is 20.5. The van der Waals surface area contributed by atoms with E-state index >= 15 is 0 Å². The Kier molecular flexibility index (Phi) is 5.07. The first kappa shape index (κ1) is 19.2. The fraction of sp³-hybridized carbons (Fsp3) is 0.222. The van der Waals surface area contributed by atoms with Crippen molar-refractivity contribution < 1.29 is 28.1 Å². The van der Waals surface area contributed by atoms with Crippen LogP contribution in [0, 0.1) is 15.9 Å². The van der Waals surface area contributed by atoms with Gasteiger partial charge in [-0.05, 0) is 30.0 Å². The van der Waals surface area contributed by atoms with Gasteiger partial charge in [0.05, 0.1) is 35.6 Å². The van der Waals surface area contributed by atoms with Gasteiger partial charge in [0.1, 0.15) is 16.5 Å². The molecule has 0 atom stereocenters. The monoisotopic (exact) mass is 419 g/mol. The lowest BCUT2D eigenvalue weighted by Crippen LogP contribution is -2.36. The first-order chi connectivity index (χ1) is 13.9. The number of hydrogen-bond acceptors (Lipinski definition) is 8. The third kappa shape index (κ3) is 3.74. The zero-order valence-corrected chi connectivity index (χ0v) is 15.7. The number of furan rings is 1. The smallest absolute Gasteiger partial charge is 0.401 e. The Morgan fingerprint density at radius 1 is 1.17 bits per heavy atom. The maximum atomic E-state index is 14.6. The van der Waals surface area contributed by atoms with Crippen LogP contribution in [0.3, 0.4) is 0 Å². The van der Waals surface area contributed by atoms with Crippen LogP contribution in [-0.4, -0.2) is 42.4 Å². The molecule has 0 aliphatic carbocycles. The molecular weight excluding hydrogens is 405 g/mol. The second-order valence-electron chi connectivity index (χ2n) is 6.19. The van der Waals surface area contributed by atoms with Gasteiger partial charge in [-0.2, -0.15) is 0 Å². The van der Waals surface area contributed by atoms with Crippen LogP contribution in [0.5, 0.6) is 0 Å². The van der Waals surface area contributed by atoms with E-state index in [0.717, 1.165) is 17.0 Å². The number of carbonyl (C=O) groups excluding carboxylic acids is 2. The number of rotatable bonds is 4. The molecule has 2 fully saturated rings. The fourth-order valence-corrected chi connectivity index (χ4v) is 3.85. The van der Waals surface area contributed by atoms with E-state index < -0.39 is 27.8 Å². The molecule has 0 N–H and O–H groups in total. The molecule has 0 radical (unpaired) electrons. The predicted octanol–water partition coefficient (Wildman–Crippen LogP) is 3.40. The molecule has 1 aromatic carbocycles. The van der Waals surface area contributed by atoms with Crippen LogP contribution in [0.2, 0.25) is 0 Å². The van der Waals surface area contributed by atoms with Crippen molar-refractivity contribution in [2.75, 3.05) is 36.1 Å². The predicted molar refractivity (Wildman–Crippen MR) is 103 cm³/mol. The number of thioether (sulfide) groups is 1. The SMILES string of the molecule is O=C1S/C(=C\c2ccc([N+](=O)[O-])o2)C(=O)N1c1ccc(N2CCOCC2)c(F)c1. The molecule has 2 amide bonds. The molecule has 2 saturated heterocycles. The first-order valence-corrected chi connectivity index (χ1v) is 9.40. The van der Waals surface area contributed by atoms with Crippen molar-refractivity contribution >= 4 is 46.2 Å². The van der Waals surface area contributed by atoms with Crippen molar-refractivity contribution in [2.45, 2.75) is 0 Å². The van der Waals surface area contributed by atoms with Gasteiger partial charge in [0, 0.05) is 25.2 Å². The van der Waals surface area contributed by atoms with Crippen LogP contribution in [0.15, 0.2) is 39.7 Å². The van der Waals surface area contributed by atoms with Crippen molar-refractivity contribution in [3.05, 3.63) is 56.9 Å². The molecule has 3 heterocycles. The number of halogens is 1. The number of ether oxygens (including phenoxy) is 1. The minimum Gasteiger partial charge on any atom is -0.401 e. The standard InChI is InChI=1S/C18H14FN3O6S/c19-13-9-11(1-3-14(13)20-5-7-27-8-6-20)21-17(23)15(29-18(21)24)10-12-2-4-16(28-12)22(25)26/h1-4,9-10H,5-8H2/b15-10-. The maximum absolute atomic E-state index is 14.6. The molecule has 2 aliphatic heterocycles. The largest absolute Gasteiger partial charge is 0.433 e. The number of amides is 2. The number of morpholine rings is 1. The Morgan fingerprint density at radius 2 is 1.93 bits per heavy atom. The average Bonchev–Trinajstić information content (AvgIpc) is 3.27. The number of carbonyl (C=O) groups is 2. The van der Waals surface area contributed by atoms with Crippen molar-refractivity contribution in [3.8, 4) is 0 Å². The lowest BCUT2D eigenvalue weighted by atomic mass is 10.2. The van der Waals surface area contributed by atoms with Gasteiger partial charge in [0.2, 0.25) is 0 Å². The highest BCUT2D eigenvalue weighted by atomic mass is 32.2. The average molecular weight is 419 g/mol. The zero-order valence-electron chi connectivity index (χ0n) is 14.9. The van der Waals surface area contributed by atoms with E-state index in [1.807, 2.05) is 4.90 Å². The van der Waals surface area contributed by atoms with Crippen LogP contribution < -0.4 is 9.80 Å². The summed E-state index contributed by atoms with van der Waals surface area (Å²) in [5, 5.41) is 10.1. The third-order valence-electron chi connectivity index (χ3n) is 4.40. The van der Waals surface area contributed by atoms with Gasteiger partial charge >= 0.3 is 5.88 Å². The highest BCUT2D eigenvalue weighted by Crippen LogP contribution is 2.37. The van der Waals surface area contributed by atoms with E-state index in [4.69, 9.17) is 9.15 Å². The van der Waals surface area contributed by atoms with E-state index in [9.17, 15) is 24.1 Å². The molecular formula is C18H14FN3O6S. The summed E-state index contributed by atoms with van der Waals surface area (Å²) in [5.41, 5.74) is 0.485. The number of nitro groups is 1. The number of imide groups is 1. The molecule has 2 aliphatic rings. The minimum absolute atomic E-state index is 0.0249. The summed E-state index contributed by atoms with van der Waals surface area (Å²) < 4.78 is 24.9. The maximum Gasteiger partial charge on any atom is 0.433 e. The second-order valence-corrected chi connectivity index (χ2v) is 7.18. The Labute approximate surface area is 167 Å². The number of benzene rings is 1. The summed E-state index contributed by atoms with van der Waals surface area (Å²) in [6, 6.07) is 6.64. The normalized spacial score (nSPS) is 18.7. The molecule has 0 unspecified atom stereocenters.